The first kappa shape index (κ1) is 13.4. The van der Waals surface area contributed by atoms with Crippen LogP contribution in [0.4, 0.5) is 5.82 Å². The summed E-state index contributed by atoms with van der Waals surface area (Å²) in [6, 6.07) is 5.06. The first-order valence-electron chi connectivity index (χ1n) is 6.75. The van der Waals surface area contributed by atoms with Gasteiger partial charge in [0.2, 0.25) is 11.8 Å². The van der Waals surface area contributed by atoms with Crippen LogP contribution in [0.2, 0.25) is 0 Å². The third kappa shape index (κ3) is 2.29. The van der Waals surface area contributed by atoms with Crippen molar-refractivity contribution in [1.29, 1.82) is 5.26 Å². The number of nitriles is 1. The number of rotatable bonds is 1. The number of carbonyl (C=O) groups excluding carboxylic acids is 2. The molecule has 2 aliphatic heterocycles. The fourth-order valence-electron chi connectivity index (χ4n) is 2.77. The van der Waals surface area contributed by atoms with Gasteiger partial charge in [-0.05, 0) is 12.1 Å². The Morgan fingerprint density at radius 2 is 2.14 bits per heavy atom. The summed E-state index contributed by atoms with van der Waals surface area (Å²) in [6.07, 6.45) is 1.52. The molecule has 0 radical (unpaired) electrons. The van der Waals surface area contributed by atoms with Crippen molar-refractivity contribution in [2.75, 3.05) is 38.1 Å². The van der Waals surface area contributed by atoms with Gasteiger partial charge >= 0.3 is 0 Å². The fraction of sp³-hybridized carbons (Fsp3) is 0.429. The number of hydrogen-bond acceptors (Lipinski definition) is 5. The number of hydrogen-bond donors (Lipinski definition) is 0. The molecule has 0 saturated carbocycles. The number of anilines is 1. The highest BCUT2D eigenvalue weighted by Crippen LogP contribution is 2.21. The summed E-state index contributed by atoms with van der Waals surface area (Å²) >= 11 is 0. The molecule has 1 aromatic rings. The smallest absolute Gasteiger partial charge is 0.247 e. The van der Waals surface area contributed by atoms with Crippen LogP contribution in [-0.2, 0) is 9.59 Å². The lowest BCUT2D eigenvalue weighted by atomic mass is 10.1. The molecule has 2 saturated heterocycles. The Morgan fingerprint density at radius 1 is 1.33 bits per heavy atom. The molecule has 0 aromatic carbocycles. The monoisotopic (exact) mass is 285 g/mol. The first-order valence-corrected chi connectivity index (χ1v) is 6.75. The average Bonchev–Trinajstić information content (AvgIpc) is 2.52. The molecule has 7 nitrogen and oxygen atoms in total. The van der Waals surface area contributed by atoms with Crippen molar-refractivity contribution >= 4 is 17.6 Å². The molecule has 2 amide bonds. The number of pyridine rings is 1. The standard InChI is InChI=1S/C14H15N5O2/c1-17-9-13(20)19-5-4-18(8-11(19)14(17)21)12-3-2-10(6-15)7-16-12/h2-3,7,11H,4-5,8-9H2,1H3/t11-/m1/s1. The summed E-state index contributed by atoms with van der Waals surface area (Å²) < 4.78 is 0. The predicted octanol–water partition coefficient (Wildman–Crippen LogP) is -0.558. The minimum absolute atomic E-state index is 0.00506. The Morgan fingerprint density at radius 3 is 2.81 bits per heavy atom. The van der Waals surface area contributed by atoms with Gasteiger partial charge in [0.25, 0.3) is 0 Å². The Labute approximate surface area is 122 Å². The zero-order valence-corrected chi connectivity index (χ0v) is 11.7. The van der Waals surface area contributed by atoms with E-state index in [1.165, 1.54) is 11.1 Å². The van der Waals surface area contributed by atoms with Crippen LogP contribution in [0.15, 0.2) is 18.3 Å². The van der Waals surface area contributed by atoms with Crippen LogP contribution in [0.5, 0.6) is 0 Å². The Hall–Kier alpha value is -2.62. The van der Waals surface area contributed by atoms with Gasteiger partial charge in [0.15, 0.2) is 0 Å². The highest BCUT2D eigenvalue weighted by Gasteiger charge is 2.41. The number of nitrogens with zero attached hydrogens (tertiary/aromatic N) is 5. The summed E-state index contributed by atoms with van der Waals surface area (Å²) in [6.45, 7) is 1.75. The normalized spacial score (nSPS) is 22.1. The molecule has 3 rings (SSSR count). The Balaban J connectivity index is 1.80. The van der Waals surface area contributed by atoms with Crippen LogP contribution in [0, 0.1) is 11.3 Å². The molecule has 108 valence electrons. The molecule has 2 fully saturated rings. The van der Waals surface area contributed by atoms with E-state index in [1.54, 1.807) is 24.1 Å². The van der Waals surface area contributed by atoms with E-state index in [4.69, 9.17) is 5.26 Å². The predicted molar refractivity (Wildman–Crippen MR) is 74.3 cm³/mol. The molecule has 0 N–H and O–H groups in total. The summed E-state index contributed by atoms with van der Waals surface area (Å²) in [5.41, 5.74) is 0.501. The van der Waals surface area contributed by atoms with Crippen molar-refractivity contribution < 1.29 is 9.59 Å². The average molecular weight is 285 g/mol. The van der Waals surface area contributed by atoms with E-state index in [0.717, 1.165) is 5.82 Å². The molecule has 1 aromatic heterocycles. The van der Waals surface area contributed by atoms with Gasteiger partial charge in [-0.25, -0.2) is 4.98 Å². The lowest BCUT2D eigenvalue weighted by molar-refractivity contribution is -0.154. The molecule has 0 unspecified atom stereocenters. The lowest BCUT2D eigenvalue weighted by Gasteiger charge is -2.45. The lowest BCUT2D eigenvalue weighted by Crippen LogP contribution is -2.66. The fourth-order valence-corrected chi connectivity index (χ4v) is 2.77. The number of fused-ring (bicyclic) bond motifs is 1. The highest BCUT2D eigenvalue weighted by atomic mass is 16.2. The van der Waals surface area contributed by atoms with E-state index in [9.17, 15) is 9.59 Å². The van der Waals surface area contributed by atoms with E-state index in [1.807, 2.05) is 11.0 Å². The number of amides is 2. The molecule has 1 atom stereocenters. The minimum Gasteiger partial charge on any atom is -0.352 e. The molecule has 0 spiro atoms. The van der Waals surface area contributed by atoms with Crippen LogP contribution in [0.3, 0.4) is 0 Å². The van der Waals surface area contributed by atoms with Crippen molar-refractivity contribution in [1.82, 2.24) is 14.8 Å². The van der Waals surface area contributed by atoms with Crippen LogP contribution in [0.25, 0.3) is 0 Å². The molecule has 0 aliphatic carbocycles. The maximum atomic E-state index is 12.2. The van der Waals surface area contributed by atoms with Crippen LogP contribution >= 0.6 is 0 Å². The van der Waals surface area contributed by atoms with E-state index in [0.29, 0.717) is 25.2 Å². The minimum atomic E-state index is -0.442. The number of likely N-dealkylation sites (N-methyl/N-ethyl adjacent to an activating group) is 1. The Kier molecular flexibility index (Phi) is 3.22. The van der Waals surface area contributed by atoms with Gasteiger partial charge in [-0.2, -0.15) is 5.26 Å². The summed E-state index contributed by atoms with van der Waals surface area (Å²) in [5, 5.41) is 8.79. The quantitative estimate of drug-likeness (QED) is 0.691. The van der Waals surface area contributed by atoms with Gasteiger partial charge in [-0.1, -0.05) is 0 Å². The topological polar surface area (TPSA) is 80.5 Å². The van der Waals surface area contributed by atoms with Crippen molar-refractivity contribution in [2.24, 2.45) is 0 Å². The molecule has 7 heteroatoms. The van der Waals surface area contributed by atoms with Gasteiger partial charge in [0, 0.05) is 32.9 Å². The molecule has 3 heterocycles. The second-order valence-electron chi connectivity index (χ2n) is 5.26. The molecular formula is C14H15N5O2. The molecule has 21 heavy (non-hydrogen) atoms. The summed E-state index contributed by atoms with van der Waals surface area (Å²) in [7, 11) is 1.65. The van der Waals surface area contributed by atoms with Crippen molar-refractivity contribution in [3.8, 4) is 6.07 Å². The SMILES string of the molecule is CN1CC(=O)N2CCN(c3ccc(C#N)cn3)C[C@@H]2C1=O. The van der Waals surface area contributed by atoms with E-state index < -0.39 is 6.04 Å². The van der Waals surface area contributed by atoms with E-state index in [-0.39, 0.29) is 18.4 Å². The van der Waals surface area contributed by atoms with Gasteiger partial charge in [0.05, 0.1) is 12.1 Å². The van der Waals surface area contributed by atoms with Gasteiger partial charge in [-0.3, -0.25) is 9.59 Å². The van der Waals surface area contributed by atoms with E-state index >= 15 is 0 Å². The van der Waals surface area contributed by atoms with Crippen LogP contribution < -0.4 is 4.90 Å². The third-order valence-corrected chi connectivity index (χ3v) is 3.94. The van der Waals surface area contributed by atoms with Gasteiger partial charge < -0.3 is 14.7 Å². The van der Waals surface area contributed by atoms with Crippen molar-refractivity contribution in [3.63, 3.8) is 0 Å². The van der Waals surface area contributed by atoms with Gasteiger partial charge in [0.1, 0.15) is 17.9 Å². The molecular weight excluding hydrogens is 270 g/mol. The maximum Gasteiger partial charge on any atom is 0.247 e. The largest absolute Gasteiger partial charge is 0.352 e. The summed E-state index contributed by atoms with van der Waals surface area (Å²) in [5.74, 6) is 0.685. The van der Waals surface area contributed by atoms with Crippen LogP contribution in [-0.4, -0.2) is 65.9 Å². The summed E-state index contributed by atoms with van der Waals surface area (Å²) in [4.78, 5) is 33.6. The number of carbonyl (C=O) groups is 2. The second-order valence-corrected chi connectivity index (χ2v) is 5.26. The zero-order valence-electron chi connectivity index (χ0n) is 11.7. The van der Waals surface area contributed by atoms with Crippen molar-refractivity contribution in [3.05, 3.63) is 23.9 Å². The number of piperazine rings is 2. The highest BCUT2D eigenvalue weighted by molar-refractivity contribution is 5.95. The Bertz CT molecular complexity index is 621. The second kappa shape index (κ2) is 5.05. The zero-order chi connectivity index (χ0) is 15.0. The number of aromatic nitrogens is 1. The van der Waals surface area contributed by atoms with Gasteiger partial charge in [-0.15, -0.1) is 0 Å². The third-order valence-electron chi connectivity index (χ3n) is 3.94. The first-order chi connectivity index (χ1) is 10.1. The maximum absolute atomic E-state index is 12.2. The van der Waals surface area contributed by atoms with E-state index in [2.05, 4.69) is 4.98 Å². The molecule has 0 bridgehead atoms. The molecule has 2 aliphatic rings. The van der Waals surface area contributed by atoms with Crippen molar-refractivity contribution in [2.45, 2.75) is 6.04 Å². The van der Waals surface area contributed by atoms with Crippen LogP contribution in [0.1, 0.15) is 5.56 Å².